The molecule has 0 aromatic heterocycles. The zero-order valence-corrected chi connectivity index (χ0v) is 70.5. The van der Waals surface area contributed by atoms with E-state index in [2.05, 4.69) is 0 Å². The lowest BCUT2D eigenvalue weighted by Gasteiger charge is -2.47. The molecule has 12 rings (SSSR count). The molecule has 4 fully saturated rings. The SMILES string of the molecule is [2H]c1c2c(c([2H])c(OC)c1OC([2H])([2H])[2H])C1([2H])CC(OC(=O)[C@@]([2H])(N)C([2H])(C([2H])([2H])[2H])C([2H])([2H])[2H])C(CC(C)C)CN1CC2.[2H]c1c2c(c([2H])c(OC)c1OC([2H])([2H])[2H])C1([2H])CC([2H])(OC(=O)[C@@]([2H])(N)C([2H])(C([2H])([2H])[2H])C([2H])([2H])[2H])C(CC(C)C)CN1CC2.[2H]c1c2c(c([2H])c(OC)c1OC)C1([2H])CC([2H])(OC(=O)[C@@]([2H])(N)C([2H])(C([2H])([2H])[2H])C([2H])([2H])[2H])C(CC(C)C)CN1CC2.[2H]c1c2c(c([2H])c(OC)c1OC)C1([2H])CC([2H])(OC(=O)[C@@]([2H])(N)C([2H])(C([2H])([2H])[2H])C([2H])([2H])[2H])C(CC(C)C)CN1CC2. The highest BCUT2D eigenvalue weighted by Crippen LogP contribution is 2.50. The van der Waals surface area contributed by atoms with E-state index in [1.165, 1.54) is 28.4 Å². The largest absolute Gasteiger partial charge is 0.493 e. The van der Waals surface area contributed by atoms with Crippen LogP contribution in [0.25, 0.3) is 0 Å². The van der Waals surface area contributed by atoms with Crippen LogP contribution in [0.3, 0.4) is 0 Å². The standard InChI is InChI=1S/4C24H38N2O4/c4*1-14(2)9-17-13-26-8-7-16-10-21(28-5)22(29-6)11-18(16)19(26)12-20(17)30-24(27)23(25)15(3)4/h4*10-11,14-15,17,19-20,23H,7-9,12-13,25H2,1-6H3/t4*17?,19?,20?,23-/m0000/s1/i3D3,4D3,5D3,10D,11D,15D,19D,20D,23D;2*3D3,4D3,10D,11D,15D,19D,20D,23D;3D3,4D3,5D3,10D,11D,15D,19D,23D. The predicted molar refractivity (Wildman–Crippen MR) is 471 cm³/mol. The molecule has 8 aliphatic rings. The second-order valence-corrected chi connectivity index (χ2v) is 31.8. The molecule has 0 radical (unpaired) electrons. The van der Waals surface area contributed by atoms with Crippen molar-refractivity contribution in [2.75, 3.05) is 109 Å². The Kier molecular flexibility index (Phi) is 17.1. The molecule has 0 aliphatic carbocycles. The number of hydrogen-bond acceptors (Lipinski definition) is 24. The molecule has 0 saturated carbocycles. The minimum atomic E-state index is -3.87. The molecule has 120 heavy (non-hydrogen) atoms. The molecular formula is C96H152N8O16. The molecule has 0 bridgehead atoms. The second-order valence-electron chi connectivity index (χ2n) is 31.8. The molecule has 8 aliphatic heterocycles. The summed E-state index contributed by atoms with van der Waals surface area (Å²) < 4.78 is 496. The topological polar surface area (TPSA) is 296 Å². The van der Waals surface area contributed by atoms with Gasteiger partial charge in [-0.15, -0.1) is 0 Å². The molecule has 8 heterocycles. The zero-order chi connectivity index (χ0) is 134. The molecule has 4 aromatic rings. The number of benzene rings is 4. The fraction of sp³-hybridized carbons (Fsp3) is 0.708. The Bertz CT molecular complexity index is 6300. The van der Waals surface area contributed by atoms with E-state index in [4.69, 9.17) is 143 Å². The monoisotopic (exact) mass is 1730 g/mol. The summed E-state index contributed by atoms with van der Waals surface area (Å²) in [5, 5.41) is 0. The summed E-state index contributed by atoms with van der Waals surface area (Å²) in [6.45, 7) is -14.0. The Morgan fingerprint density at radius 2 is 0.583 bits per heavy atom. The van der Waals surface area contributed by atoms with Crippen LogP contribution in [-0.2, 0) is 63.8 Å². The van der Waals surface area contributed by atoms with E-state index in [0.29, 0.717) is 30.4 Å². The van der Waals surface area contributed by atoms with Crippen LogP contribution in [-0.4, -0.2) is 201 Å². The highest BCUT2D eigenvalue weighted by molar-refractivity contribution is 5.77. The molecule has 4 saturated heterocycles. The summed E-state index contributed by atoms with van der Waals surface area (Å²) in [5.41, 5.74) is 23.9. The highest BCUT2D eigenvalue weighted by Gasteiger charge is 2.47. The first-order valence-electron chi connectivity index (χ1n) is 66.1. The van der Waals surface area contributed by atoms with Gasteiger partial charge in [0.15, 0.2) is 46.0 Å². The summed E-state index contributed by atoms with van der Waals surface area (Å²) in [6.07, 6.45) is -8.64. The Labute approximate surface area is 793 Å². The summed E-state index contributed by atoms with van der Waals surface area (Å²) in [5.74, 6) is -27.9. The number of piperidine rings is 4. The van der Waals surface area contributed by atoms with E-state index < -0.39 is 267 Å². The molecule has 24 nitrogen and oxygen atoms in total. The summed E-state index contributed by atoms with van der Waals surface area (Å²) in [6, 6.07) is -24.8. The summed E-state index contributed by atoms with van der Waals surface area (Å²) in [7, 11) is 1.54. The molecule has 8 N–H and O–H groups in total. The fourth-order valence-corrected chi connectivity index (χ4v) is 16.1. The van der Waals surface area contributed by atoms with Crippen LogP contribution in [0, 0.1) is 70.9 Å². The van der Waals surface area contributed by atoms with Gasteiger partial charge >= 0.3 is 23.9 Å². The van der Waals surface area contributed by atoms with E-state index in [9.17, 15) is 28.8 Å². The van der Waals surface area contributed by atoms with Crippen LogP contribution in [0.1, 0.15) is 303 Å². The number of ether oxygens (including phenoxy) is 12. The molecule has 24 heteroatoms. The van der Waals surface area contributed by atoms with Gasteiger partial charge in [-0.05, 0) is 191 Å². The van der Waals surface area contributed by atoms with Crippen molar-refractivity contribution in [3.8, 4) is 46.0 Å². The minimum absolute atomic E-state index is 0.00255. The smallest absolute Gasteiger partial charge is 0.323 e. The molecule has 672 valence electrons. The van der Waals surface area contributed by atoms with Gasteiger partial charge in [-0.1, -0.05) is 110 Å². The van der Waals surface area contributed by atoms with Gasteiger partial charge in [-0.3, -0.25) is 38.8 Å². The third-order valence-electron chi connectivity index (χ3n) is 21.7. The molecular weight excluding hydrogens is 1520 g/mol. The first-order chi connectivity index (χ1) is 77.7. The lowest BCUT2D eigenvalue weighted by Crippen LogP contribution is -2.51. The minimum Gasteiger partial charge on any atom is -0.493 e. The Morgan fingerprint density at radius 3 is 0.825 bits per heavy atom. The van der Waals surface area contributed by atoms with Crippen molar-refractivity contribution in [1.29, 1.82) is 0 Å². The van der Waals surface area contributed by atoms with Gasteiger partial charge in [0.05, 0.1) is 91.0 Å². The van der Waals surface area contributed by atoms with E-state index in [1.807, 2.05) is 55.4 Å². The van der Waals surface area contributed by atoms with E-state index in [-0.39, 0.29) is 207 Å². The van der Waals surface area contributed by atoms with Gasteiger partial charge in [-0.2, -0.15) is 0 Å². The van der Waals surface area contributed by atoms with Crippen LogP contribution in [0.5, 0.6) is 46.0 Å². The maximum atomic E-state index is 13.5. The Hall–Kier alpha value is -7.16. The number of nitrogens with two attached hydrogens (primary N) is 4. The molecule has 12 unspecified atom stereocenters. The predicted octanol–water partition coefficient (Wildman–Crippen LogP) is 14.3. The van der Waals surface area contributed by atoms with Crippen LogP contribution >= 0.6 is 0 Å². The van der Waals surface area contributed by atoms with Gasteiger partial charge in [0.1, 0.15) is 48.4 Å². The number of esters is 4. The average molecular weight is 1730 g/mol. The quantitative estimate of drug-likeness (QED) is 0.0303. The van der Waals surface area contributed by atoms with Crippen molar-refractivity contribution in [1.82, 2.24) is 19.6 Å². The maximum absolute atomic E-state index is 13.5. The maximum Gasteiger partial charge on any atom is 0.323 e. The second kappa shape index (κ2) is 43.9. The fourth-order valence-electron chi connectivity index (χ4n) is 16.1. The first kappa shape index (κ1) is 46.7. The van der Waals surface area contributed by atoms with Crippen molar-refractivity contribution >= 4 is 23.9 Å². The number of rotatable bonds is 28. The van der Waals surface area contributed by atoms with Gasteiger partial charge in [0.2, 0.25) is 0 Å². The van der Waals surface area contributed by atoms with Crippen LogP contribution in [0.15, 0.2) is 48.3 Å². The number of hydrogen-bond donors (Lipinski definition) is 4. The van der Waals surface area contributed by atoms with Gasteiger partial charge in [-0.25, -0.2) is 0 Å². The van der Waals surface area contributed by atoms with Crippen LogP contribution in [0.2, 0.25) is 0 Å². The average Bonchev–Trinajstić information content (AvgIpc) is 0.707. The normalized spacial score (nSPS) is 38.1. The molecule has 0 amide bonds. The molecule has 16 atom stereocenters. The first-order valence-corrected chi connectivity index (χ1v) is 39.6. The van der Waals surface area contributed by atoms with Gasteiger partial charge in [0.25, 0.3) is 0 Å². The van der Waals surface area contributed by atoms with Crippen molar-refractivity contribution in [3.05, 3.63) is 92.8 Å². The number of fused-ring (bicyclic) bond motifs is 12. The van der Waals surface area contributed by atoms with Gasteiger partial charge in [0, 0.05) is 164 Å². The summed E-state index contributed by atoms with van der Waals surface area (Å²) >= 11 is 0. The van der Waals surface area contributed by atoms with Crippen LogP contribution < -0.4 is 60.8 Å². The number of nitrogens with zero attached hydrogens (tertiary/aromatic N) is 4. The zero-order valence-electron chi connectivity index (χ0n) is 123. The van der Waals surface area contributed by atoms with E-state index in [0.717, 1.165) is 14.2 Å². The van der Waals surface area contributed by atoms with Crippen molar-refractivity contribution in [2.45, 2.75) is 260 Å². The molecule has 4 aromatic carbocycles. The van der Waals surface area contributed by atoms with E-state index in [1.54, 1.807) is 19.6 Å². The number of carbonyl (C=O) groups is 4. The van der Waals surface area contributed by atoms with Crippen molar-refractivity contribution < 1.29 is 149 Å². The third-order valence-corrected chi connectivity index (χ3v) is 21.7. The van der Waals surface area contributed by atoms with Gasteiger partial charge < -0.3 is 79.8 Å². The number of methoxy groups -OCH3 is 8. The van der Waals surface area contributed by atoms with Crippen molar-refractivity contribution in [3.63, 3.8) is 0 Å². The molecule has 0 spiro atoms. The number of carbonyl (C=O) groups excluding carboxylic acids is 4. The lowest BCUT2D eigenvalue weighted by molar-refractivity contribution is -0.161. The summed E-state index contributed by atoms with van der Waals surface area (Å²) in [4.78, 5) is 60.6. The van der Waals surface area contributed by atoms with E-state index >= 15 is 0 Å². The third kappa shape index (κ3) is 23.8. The highest BCUT2D eigenvalue weighted by atomic mass is 16.6. The van der Waals surface area contributed by atoms with Crippen molar-refractivity contribution in [2.24, 2.45) is 93.9 Å². The Morgan fingerprint density at radius 1 is 0.358 bits per heavy atom. The lowest BCUT2D eigenvalue weighted by atomic mass is 9.79. The van der Waals surface area contributed by atoms with Crippen LogP contribution in [0.4, 0.5) is 0 Å². The Balaban J connectivity index is 0.000000253.